The van der Waals surface area contributed by atoms with Crippen molar-refractivity contribution in [1.29, 1.82) is 0 Å². The SMILES string of the molecule is CCCC(C)C(=O)NCc1cccnc1N1CCOCC1. The zero-order valence-corrected chi connectivity index (χ0v) is 13.0. The molecule has 1 aliphatic rings. The van der Waals surface area contributed by atoms with Gasteiger partial charge in [0.2, 0.25) is 5.91 Å². The maximum atomic E-state index is 12.0. The highest BCUT2D eigenvalue weighted by Gasteiger charge is 2.17. The molecule has 1 aromatic heterocycles. The normalized spacial score (nSPS) is 16.6. The summed E-state index contributed by atoms with van der Waals surface area (Å²) in [6.45, 7) is 7.78. The Labute approximate surface area is 126 Å². The molecule has 1 fully saturated rings. The number of hydrogen-bond acceptors (Lipinski definition) is 4. The number of carbonyl (C=O) groups excluding carboxylic acids is 1. The van der Waals surface area contributed by atoms with Gasteiger partial charge in [0.1, 0.15) is 5.82 Å². The second kappa shape index (κ2) is 7.98. The van der Waals surface area contributed by atoms with E-state index >= 15 is 0 Å². The molecule has 0 aromatic carbocycles. The number of rotatable bonds is 6. The van der Waals surface area contributed by atoms with Crippen molar-refractivity contribution in [2.75, 3.05) is 31.2 Å². The molecular formula is C16H25N3O2. The van der Waals surface area contributed by atoms with Gasteiger partial charge in [-0.2, -0.15) is 0 Å². The monoisotopic (exact) mass is 291 g/mol. The summed E-state index contributed by atoms with van der Waals surface area (Å²) in [4.78, 5) is 18.7. The van der Waals surface area contributed by atoms with Crippen molar-refractivity contribution in [3.05, 3.63) is 23.9 Å². The van der Waals surface area contributed by atoms with Crippen LogP contribution in [0.2, 0.25) is 0 Å². The van der Waals surface area contributed by atoms with Gasteiger partial charge in [-0.15, -0.1) is 0 Å². The minimum absolute atomic E-state index is 0.0681. The highest BCUT2D eigenvalue weighted by atomic mass is 16.5. The van der Waals surface area contributed by atoms with E-state index in [9.17, 15) is 4.79 Å². The van der Waals surface area contributed by atoms with E-state index in [1.54, 1.807) is 6.20 Å². The fraction of sp³-hybridized carbons (Fsp3) is 0.625. The Balaban J connectivity index is 1.98. The molecule has 5 heteroatoms. The van der Waals surface area contributed by atoms with Gasteiger partial charge in [0.05, 0.1) is 13.2 Å². The summed E-state index contributed by atoms with van der Waals surface area (Å²) in [6, 6.07) is 3.95. The lowest BCUT2D eigenvalue weighted by atomic mass is 10.1. The van der Waals surface area contributed by atoms with Crippen LogP contribution >= 0.6 is 0 Å². The lowest BCUT2D eigenvalue weighted by Gasteiger charge is -2.29. The number of morpholine rings is 1. The van der Waals surface area contributed by atoms with Crippen LogP contribution in [0, 0.1) is 5.92 Å². The highest BCUT2D eigenvalue weighted by Crippen LogP contribution is 2.18. The summed E-state index contributed by atoms with van der Waals surface area (Å²) in [6.07, 6.45) is 3.76. The summed E-state index contributed by atoms with van der Waals surface area (Å²) >= 11 is 0. The fourth-order valence-corrected chi connectivity index (χ4v) is 2.55. The van der Waals surface area contributed by atoms with Crippen molar-refractivity contribution < 1.29 is 9.53 Å². The number of ether oxygens (including phenoxy) is 1. The average Bonchev–Trinajstić information content (AvgIpc) is 2.54. The smallest absolute Gasteiger partial charge is 0.223 e. The van der Waals surface area contributed by atoms with Crippen LogP contribution < -0.4 is 10.2 Å². The van der Waals surface area contributed by atoms with Gasteiger partial charge in [-0.25, -0.2) is 4.98 Å². The Morgan fingerprint density at radius 2 is 2.24 bits per heavy atom. The van der Waals surface area contributed by atoms with Gasteiger partial charge < -0.3 is 15.0 Å². The maximum Gasteiger partial charge on any atom is 0.223 e. The first-order valence-corrected chi connectivity index (χ1v) is 7.76. The first kappa shape index (κ1) is 15.8. The molecule has 2 rings (SSSR count). The van der Waals surface area contributed by atoms with E-state index in [0.717, 1.165) is 50.5 Å². The first-order chi connectivity index (χ1) is 10.2. The average molecular weight is 291 g/mol. The summed E-state index contributed by atoms with van der Waals surface area (Å²) in [5.41, 5.74) is 1.07. The number of hydrogen-bond donors (Lipinski definition) is 1. The van der Waals surface area contributed by atoms with Crippen LogP contribution in [0.3, 0.4) is 0 Å². The molecule has 0 spiro atoms. The largest absolute Gasteiger partial charge is 0.378 e. The Morgan fingerprint density at radius 3 is 2.95 bits per heavy atom. The standard InChI is InChI=1S/C16H25N3O2/c1-3-5-13(2)16(20)18-12-14-6-4-7-17-15(14)19-8-10-21-11-9-19/h4,6-7,13H,3,5,8-12H2,1-2H3,(H,18,20). The number of nitrogens with zero attached hydrogens (tertiary/aromatic N) is 2. The van der Waals surface area contributed by atoms with Crippen molar-refractivity contribution in [3.8, 4) is 0 Å². The zero-order valence-electron chi connectivity index (χ0n) is 13.0. The van der Waals surface area contributed by atoms with Crippen molar-refractivity contribution in [2.45, 2.75) is 33.2 Å². The molecule has 1 amide bonds. The number of amides is 1. The molecule has 5 nitrogen and oxygen atoms in total. The molecule has 0 aliphatic carbocycles. The topological polar surface area (TPSA) is 54.5 Å². The Kier molecular flexibility index (Phi) is 5.99. The van der Waals surface area contributed by atoms with Crippen LogP contribution in [0.15, 0.2) is 18.3 Å². The van der Waals surface area contributed by atoms with Gasteiger partial charge >= 0.3 is 0 Å². The molecule has 1 aliphatic heterocycles. The van der Waals surface area contributed by atoms with Crippen LogP contribution in [0.5, 0.6) is 0 Å². The van der Waals surface area contributed by atoms with E-state index in [4.69, 9.17) is 4.74 Å². The number of nitrogens with one attached hydrogen (secondary N) is 1. The van der Waals surface area contributed by atoms with E-state index in [-0.39, 0.29) is 11.8 Å². The molecule has 2 heterocycles. The Morgan fingerprint density at radius 1 is 1.48 bits per heavy atom. The summed E-state index contributed by atoms with van der Waals surface area (Å²) < 4.78 is 5.38. The van der Waals surface area contributed by atoms with Gasteiger partial charge in [0.15, 0.2) is 0 Å². The van der Waals surface area contributed by atoms with Gasteiger partial charge in [0.25, 0.3) is 0 Å². The minimum atomic E-state index is 0.0681. The molecule has 0 saturated carbocycles. The van der Waals surface area contributed by atoms with E-state index in [1.807, 2.05) is 19.1 Å². The molecule has 21 heavy (non-hydrogen) atoms. The second-order valence-electron chi connectivity index (χ2n) is 5.49. The number of aromatic nitrogens is 1. The molecule has 1 N–H and O–H groups in total. The zero-order chi connectivity index (χ0) is 15.1. The van der Waals surface area contributed by atoms with Crippen LogP contribution in [-0.2, 0) is 16.1 Å². The third kappa shape index (κ3) is 4.43. The van der Waals surface area contributed by atoms with E-state index in [0.29, 0.717) is 6.54 Å². The Bertz CT molecular complexity index is 459. The Hall–Kier alpha value is -1.62. The molecule has 1 saturated heterocycles. The van der Waals surface area contributed by atoms with Gasteiger partial charge in [-0.05, 0) is 12.5 Å². The molecule has 0 bridgehead atoms. The minimum Gasteiger partial charge on any atom is -0.378 e. The van der Waals surface area contributed by atoms with Crippen molar-refractivity contribution in [1.82, 2.24) is 10.3 Å². The number of carbonyl (C=O) groups is 1. The molecule has 116 valence electrons. The van der Waals surface area contributed by atoms with Crippen molar-refractivity contribution in [2.24, 2.45) is 5.92 Å². The fourth-order valence-electron chi connectivity index (χ4n) is 2.55. The van der Waals surface area contributed by atoms with E-state index in [1.165, 1.54) is 0 Å². The third-order valence-electron chi connectivity index (χ3n) is 3.80. The predicted octanol–water partition coefficient (Wildman–Crippen LogP) is 1.97. The maximum absolute atomic E-state index is 12.0. The lowest BCUT2D eigenvalue weighted by Crippen LogP contribution is -2.38. The number of anilines is 1. The molecule has 0 radical (unpaired) electrons. The van der Waals surface area contributed by atoms with Crippen LogP contribution in [0.4, 0.5) is 5.82 Å². The quantitative estimate of drug-likeness (QED) is 0.870. The summed E-state index contributed by atoms with van der Waals surface area (Å²) in [5, 5.41) is 3.03. The van der Waals surface area contributed by atoms with Crippen LogP contribution in [0.1, 0.15) is 32.3 Å². The predicted molar refractivity (Wildman–Crippen MR) is 83.2 cm³/mol. The molecular weight excluding hydrogens is 266 g/mol. The van der Waals surface area contributed by atoms with Crippen molar-refractivity contribution >= 4 is 11.7 Å². The summed E-state index contributed by atoms with van der Waals surface area (Å²) in [5.74, 6) is 1.15. The molecule has 1 atom stereocenters. The van der Waals surface area contributed by atoms with Crippen LogP contribution in [-0.4, -0.2) is 37.2 Å². The first-order valence-electron chi connectivity index (χ1n) is 7.76. The van der Waals surface area contributed by atoms with Gasteiger partial charge in [0, 0.05) is 37.3 Å². The van der Waals surface area contributed by atoms with Gasteiger partial charge in [-0.3, -0.25) is 4.79 Å². The number of pyridine rings is 1. The second-order valence-corrected chi connectivity index (χ2v) is 5.49. The van der Waals surface area contributed by atoms with Crippen molar-refractivity contribution in [3.63, 3.8) is 0 Å². The lowest BCUT2D eigenvalue weighted by molar-refractivity contribution is -0.124. The highest BCUT2D eigenvalue weighted by molar-refractivity contribution is 5.78. The van der Waals surface area contributed by atoms with Gasteiger partial charge in [-0.1, -0.05) is 26.3 Å². The summed E-state index contributed by atoms with van der Waals surface area (Å²) in [7, 11) is 0. The third-order valence-corrected chi connectivity index (χ3v) is 3.80. The van der Waals surface area contributed by atoms with Crippen LogP contribution in [0.25, 0.3) is 0 Å². The van der Waals surface area contributed by atoms with E-state index in [2.05, 4.69) is 22.1 Å². The molecule has 1 aromatic rings. The molecule has 1 unspecified atom stereocenters. The van der Waals surface area contributed by atoms with E-state index < -0.39 is 0 Å².